The molecule has 0 aliphatic carbocycles. The normalized spacial score (nSPS) is 11.1. The van der Waals surface area contributed by atoms with Crippen LogP contribution in [0.3, 0.4) is 0 Å². The molecule has 0 aliphatic heterocycles. The predicted molar refractivity (Wildman–Crippen MR) is 133 cm³/mol. The highest BCUT2D eigenvalue weighted by atomic mass is 127. The summed E-state index contributed by atoms with van der Waals surface area (Å²) < 4.78 is 20.4. The Balaban J connectivity index is 1.37. The Kier molecular flexibility index (Phi) is 6.94. The van der Waals surface area contributed by atoms with E-state index in [-0.39, 0.29) is 11.5 Å². The van der Waals surface area contributed by atoms with Crippen molar-refractivity contribution in [1.29, 1.82) is 0 Å². The standard InChI is InChI=1S/C23H15FIN3O4S/c24-17-4-1-14(2-5-17)13-32-20-7-3-15(9-19(20)25)12-26-27-23(29)22-11-16-10-18(28(30)31)6-8-21(16)33-22/h1-12H,13H2,(H,27,29)/b26-12-. The molecule has 1 aromatic heterocycles. The highest BCUT2D eigenvalue weighted by Gasteiger charge is 2.13. The molecular weight excluding hydrogens is 560 g/mol. The average Bonchev–Trinajstić information content (AvgIpc) is 3.23. The van der Waals surface area contributed by atoms with Gasteiger partial charge >= 0.3 is 0 Å². The van der Waals surface area contributed by atoms with E-state index in [1.807, 2.05) is 6.07 Å². The van der Waals surface area contributed by atoms with E-state index in [4.69, 9.17) is 4.74 Å². The SMILES string of the molecule is O=C(N/N=C\c1ccc(OCc2ccc(F)cc2)c(I)c1)c1cc2cc([N+](=O)[O-])ccc2s1. The van der Waals surface area contributed by atoms with Crippen LogP contribution in [0.5, 0.6) is 5.75 Å². The molecule has 0 saturated carbocycles. The van der Waals surface area contributed by atoms with E-state index in [2.05, 4.69) is 33.1 Å². The third kappa shape index (κ3) is 5.71. The fourth-order valence-electron chi connectivity index (χ4n) is 2.93. The van der Waals surface area contributed by atoms with Crippen molar-refractivity contribution in [2.75, 3.05) is 0 Å². The summed E-state index contributed by atoms with van der Waals surface area (Å²) in [6, 6.07) is 17.7. The van der Waals surface area contributed by atoms with Crippen LogP contribution >= 0.6 is 33.9 Å². The van der Waals surface area contributed by atoms with Gasteiger partial charge in [-0.15, -0.1) is 11.3 Å². The lowest BCUT2D eigenvalue weighted by atomic mass is 10.2. The smallest absolute Gasteiger partial charge is 0.281 e. The number of carbonyl (C=O) groups is 1. The van der Waals surface area contributed by atoms with Crippen molar-refractivity contribution < 1.29 is 18.8 Å². The molecule has 4 rings (SSSR count). The lowest BCUT2D eigenvalue weighted by Crippen LogP contribution is -2.16. The van der Waals surface area contributed by atoms with Crippen molar-refractivity contribution in [3.05, 3.63) is 102 Å². The third-order valence-electron chi connectivity index (χ3n) is 4.58. The summed E-state index contributed by atoms with van der Waals surface area (Å²) in [5.74, 6) is -0.00933. The van der Waals surface area contributed by atoms with Gasteiger partial charge in [0, 0.05) is 22.2 Å². The number of nitrogens with zero attached hydrogens (tertiary/aromatic N) is 2. The molecule has 7 nitrogen and oxygen atoms in total. The monoisotopic (exact) mass is 575 g/mol. The maximum atomic E-state index is 13.0. The van der Waals surface area contributed by atoms with Gasteiger partial charge in [-0.2, -0.15) is 5.10 Å². The van der Waals surface area contributed by atoms with Gasteiger partial charge in [0.15, 0.2) is 0 Å². The van der Waals surface area contributed by atoms with Gasteiger partial charge < -0.3 is 4.74 Å². The van der Waals surface area contributed by atoms with Gasteiger partial charge in [-0.25, -0.2) is 9.82 Å². The summed E-state index contributed by atoms with van der Waals surface area (Å²) in [6.45, 7) is 0.318. The zero-order valence-corrected chi connectivity index (χ0v) is 19.8. The van der Waals surface area contributed by atoms with Crippen LogP contribution in [0.15, 0.2) is 71.8 Å². The number of rotatable bonds is 7. The van der Waals surface area contributed by atoms with Crippen LogP contribution in [0.4, 0.5) is 10.1 Å². The van der Waals surface area contributed by atoms with Crippen molar-refractivity contribution in [2.45, 2.75) is 6.61 Å². The molecule has 0 aliphatic rings. The molecule has 1 heterocycles. The van der Waals surface area contributed by atoms with E-state index >= 15 is 0 Å². The van der Waals surface area contributed by atoms with Gasteiger partial charge in [-0.05, 0) is 76.2 Å². The first-order valence-corrected chi connectivity index (χ1v) is 11.5. The molecule has 10 heteroatoms. The minimum Gasteiger partial charge on any atom is -0.488 e. The molecule has 166 valence electrons. The second kappa shape index (κ2) is 10.0. The number of thiophene rings is 1. The topological polar surface area (TPSA) is 93.8 Å². The summed E-state index contributed by atoms with van der Waals surface area (Å²) in [5.41, 5.74) is 4.07. The number of non-ortho nitro benzene ring substituents is 1. The second-order valence-corrected chi connectivity index (χ2v) is 9.14. The largest absolute Gasteiger partial charge is 0.488 e. The first-order valence-electron chi connectivity index (χ1n) is 9.57. The van der Waals surface area contributed by atoms with E-state index in [9.17, 15) is 19.3 Å². The third-order valence-corrected chi connectivity index (χ3v) is 6.54. The second-order valence-electron chi connectivity index (χ2n) is 6.89. The summed E-state index contributed by atoms with van der Waals surface area (Å²) in [7, 11) is 0. The molecule has 1 N–H and O–H groups in total. The van der Waals surface area contributed by atoms with Crippen molar-refractivity contribution in [3.63, 3.8) is 0 Å². The van der Waals surface area contributed by atoms with E-state index in [1.54, 1.807) is 36.4 Å². The molecule has 1 amide bonds. The van der Waals surface area contributed by atoms with Crippen molar-refractivity contribution in [1.82, 2.24) is 5.43 Å². The van der Waals surface area contributed by atoms with E-state index in [0.717, 1.165) is 19.4 Å². The average molecular weight is 575 g/mol. The maximum Gasteiger partial charge on any atom is 0.281 e. The van der Waals surface area contributed by atoms with Crippen LogP contribution in [-0.2, 0) is 6.61 Å². The number of ether oxygens (including phenoxy) is 1. The number of benzene rings is 3. The number of nitro groups is 1. The minimum atomic E-state index is -0.471. The molecule has 0 spiro atoms. The predicted octanol–water partition coefficient (Wildman–Crippen LogP) is 5.90. The van der Waals surface area contributed by atoms with Crippen molar-refractivity contribution in [2.24, 2.45) is 5.10 Å². The molecule has 0 atom stereocenters. The van der Waals surface area contributed by atoms with E-state index in [0.29, 0.717) is 22.6 Å². The number of hydrogen-bond donors (Lipinski definition) is 1. The number of hydrogen-bond acceptors (Lipinski definition) is 6. The van der Waals surface area contributed by atoms with Crippen LogP contribution in [-0.4, -0.2) is 17.0 Å². The summed E-state index contributed by atoms with van der Waals surface area (Å²) in [6.07, 6.45) is 1.52. The number of hydrazone groups is 1. The Morgan fingerprint density at radius 1 is 1.15 bits per heavy atom. The van der Waals surface area contributed by atoms with Gasteiger partial charge in [0.25, 0.3) is 11.6 Å². The Labute approximate surface area is 205 Å². The molecular formula is C23H15FIN3O4S. The molecule has 4 aromatic rings. The number of halogens is 2. The number of nitro benzene ring substituents is 1. The number of nitrogens with one attached hydrogen (secondary N) is 1. The molecule has 0 unspecified atom stereocenters. The first-order chi connectivity index (χ1) is 15.9. The quantitative estimate of drug-likeness (QED) is 0.129. The molecule has 0 radical (unpaired) electrons. The Bertz CT molecular complexity index is 1370. The Hall–Kier alpha value is -3.38. The zero-order valence-electron chi connectivity index (χ0n) is 16.8. The van der Waals surface area contributed by atoms with Crippen LogP contribution in [0.1, 0.15) is 20.8 Å². The van der Waals surface area contributed by atoms with Gasteiger partial charge in [0.1, 0.15) is 18.2 Å². The summed E-state index contributed by atoms with van der Waals surface area (Å²) in [5, 5.41) is 15.5. The van der Waals surface area contributed by atoms with Crippen molar-refractivity contribution in [3.8, 4) is 5.75 Å². The maximum absolute atomic E-state index is 13.0. The fraction of sp³-hybridized carbons (Fsp3) is 0.0435. The Morgan fingerprint density at radius 2 is 1.94 bits per heavy atom. The van der Waals surface area contributed by atoms with Crippen LogP contribution < -0.4 is 10.2 Å². The van der Waals surface area contributed by atoms with Crippen LogP contribution in [0, 0.1) is 19.5 Å². The highest BCUT2D eigenvalue weighted by molar-refractivity contribution is 14.1. The number of carbonyl (C=O) groups excluding carboxylic acids is 1. The Morgan fingerprint density at radius 3 is 2.67 bits per heavy atom. The first kappa shape index (κ1) is 22.8. The fourth-order valence-corrected chi connectivity index (χ4v) is 4.56. The lowest BCUT2D eigenvalue weighted by molar-refractivity contribution is -0.384. The van der Waals surface area contributed by atoms with Crippen molar-refractivity contribution >= 4 is 61.8 Å². The molecule has 0 fully saturated rings. The number of fused-ring (bicyclic) bond motifs is 1. The minimum absolute atomic E-state index is 0.0232. The van der Waals surface area contributed by atoms with Gasteiger partial charge in [-0.3, -0.25) is 14.9 Å². The zero-order chi connectivity index (χ0) is 23.4. The van der Waals surface area contributed by atoms with Gasteiger partial charge in [-0.1, -0.05) is 12.1 Å². The summed E-state index contributed by atoms with van der Waals surface area (Å²) in [4.78, 5) is 23.2. The van der Waals surface area contributed by atoms with Crippen LogP contribution in [0.25, 0.3) is 10.1 Å². The van der Waals surface area contributed by atoms with Gasteiger partial charge in [0.05, 0.1) is 19.6 Å². The molecule has 0 bridgehead atoms. The molecule has 33 heavy (non-hydrogen) atoms. The van der Waals surface area contributed by atoms with Gasteiger partial charge in [0.2, 0.25) is 0 Å². The highest BCUT2D eigenvalue weighted by Crippen LogP contribution is 2.29. The lowest BCUT2D eigenvalue weighted by Gasteiger charge is -2.09. The van der Waals surface area contributed by atoms with Crippen LogP contribution in [0.2, 0.25) is 0 Å². The van der Waals surface area contributed by atoms with E-state index < -0.39 is 10.8 Å². The molecule has 0 saturated heterocycles. The number of amides is 1. The van der Waals surface area contributed by atoms with E-state index in [1.165, 1.54) is 41.8 Å². The summed E-state index contributed by atoms with van der Waals surface area (Å²) >= 11 is 3.38. The molecule has 3 aromatic carbocycles.